The Morgan fingerprint density at radius 1 is 1.14 bits per heavy atom. The minimum absolute atomic E-state index is 0.344. The van der Waals surface area contributed by atoms with E-state index in [0.29, 0.717) is 22.3 Å². The molecule has 144 valence electrons. The van der Waals surface area contributed by atoms with E-state index < -0.39 is 18.0 Å². The maximum atomic E-state index is 12.4. The molecular weight excluding hydrogens is 362 g/mol. The summed E-state index contributed by atoms with van der Waals surface area (Å²) < 4.78 is 11.5. The second-order valence-corrected chi connectivity index (χ2v) is 6.02. The zero-order valence-corrected chi connectivity index (χ0v) is 15.4. The Labute approximate surface area is 160 Å². The molecule has 8 nitrogen and oxygen atoms in total. The van der Waals surface area contributed by atoms with Gasteiger partial charge < -0.3 is 14.8 Å². The van der Waals surface area contributed by atoms with Crippen LogP contribution in [0, 0.1) is 0 Å². The fraction of sp³-hybridized carbons (Fsp3) is 0.200. The minimum atomic E-state index is -1.05. The van der Waals surface area contributed by atoms with Gasteiger partial charge in [0.2, 0.25) is 0 Å². The van der Waals surface area contributed by atoms with Gasteiger partial charge >= 0.3 is 5.97 Å². The Morgan fingerprint density at radius 2 is 1.86 bits per heavy atom. The van der Waals surface area contributed by atoms with Crippen molar-refractivity contribution in [3.05, 3.63) is 65.2 Å². The number of para-hydroxylation sites is 3. The third-order valence-corrected chi connectivity index (χ3v) is 4.07. The Balaban J connectivity index is 1.65. The van der Waals surface area contributed by atoms with E-state index in [0.717, 1.165) is 4.57 Å². The van der Waals surface area contributed by atoms with Crippen LogP contribution in [0.15, 0.2) is 59.7 Å². The summed E-state index contributed by atoms with van der Waals surface area (Å²) in [6, 6.07) is 13.7. The third kappa shape index (κ3) is 4.17. The number of ether oxygens (including phenoxy) is 2. The summed E-state index contributed by atoms with van der Waals surface area (Å²) >= 11 is 0. The minimum Gasteiger partial charge on any atom is -0.495 e. The number of methoxy groups -OCH3 is 1. The smallest absolute Gasteiger partial charge is 0.326 e. The summed E-state index contributed by atoms with van der Waals surface area (Å²) in [6.07, 6.45) is 0.229. The van der Waals surface area contributed by atoms with Gasteiger partial charge in [-0.15, -0.1) is 0 Å². The number of rotatable bonds is 6. The van der Waals surface area contributed by atoms with Gasteiger partial charge in [-0.25, -0.2) is 4.98 Å². The number of anilines is 1. The van der Waals surface area contributed by atoms with Crippen molar-refractivity contribution >= 4 is 28.5 Å². The van der Waals surface area contributed by atoms with Crippen molar-refractivity contribution in [2.45, 2.75) is 19.6 Å². The topological polar surface area (TPSA) is 99.5 Å². The molecule has 8 heteroatoms. The number of carbonyl (C=O) groups is 2. The molecule has 3 rings (SSSR count). The second-order valence-electron chi connectivity index (χ2n) is 6.02. The Kier molecular flexibility index (Phi) is 5.69. The number of aromatic nitrogens is 2. The average molecular weight is 381 g/mol. The number of nitrogens with one attached hydrogen (secondary N) is 1. The van der Waals surface area contributed by atoms with Crippen LogP contribution in [-0.2, 0) is 20.9 Å². The molecule has 0 unspecified atom stereocenters. The van der Waals surface area contributed by atoms with Gasteiger partial charge in [-0.3, -0.25) is 19.0 Å². The van der Waals surface area contributed by atoms with E-state index in [2.05, 4.69) is 10.3 Å². The maximum absolute atomic E-state index is 12.4. The summed E-state index contributed by atoms with van der Waals surface area (Å²) in [5.41, 5.74) is 0.656. The summed E-state index contributed by atoms with van der Waals surface area (Å²) in [5, 5.41) is 3.05. The van der Waals surface area contributed by atoms with Crippen LogP contribution in [0.25, 0.3) is 10.9 Å². The van der Waals surface area contributed by atoms with Crippen molar-refractivity contribution in [2.75, 3.05) is 12.4 Å². The molecular formula is C20H19N3O5. The molecule has 0 radical (unpaired) electrons. The van der Waals surface area contributed by atoms with Gasteiger partial charge in [0, 0.05) is 0 Å². The zero-order chi connectivity index (χ0) is 20.1. The third-order valence-electron chi connectivity index (χ3n) is 4.07. The van der Waals surface area contributed by atoms with Crippen molar-refractivity contribution in [1.29, 1.82) is 0 Å². The first-order valence-electron chi connectivity index (χ1n) is 8.57. The Hall–Kier alpha value is -3.68. The highest BCUT2D eigenvalue weighted by Crippen LogP contribution is 2.23. The van der Waals surface area contributed by atoms with Gasteiger partial charge in [0.15, 0.2) is 6.10 Å². The van der Waals surface area contributed by atoms with Crippen LogP contribution >= 0.6 is 0 Å². The van der Waals surface area contributed by atoms with Gasteiger partial charge in [-0.05, 0) is 31.2 Å². The van der Waals surface area contributed by atoms with Gasteiger partial charge in [0.25, 0.3) is 11.5 Å². The number of hydrogen-bond acceptors (Lipinski definition) is 6. The Bertz CT molecular complexity index is 1080. The molecule has 2 aromatic carbocycles. The number of benzene rings is 2. The molecule has 0 aliphatic heterocycles. The molecule has 0 aliphatic rings. The van der Waals surface area contributed by atoms with Gasteiger partial charge in [0.05, 0.1) is 30.0 Å². The normalized spacial score (nSPS) is 11.6. The molecule has 0 saturated heterocycles. The monoisotopic (exact) mass is 381 g/mol. The highest BCUT2D eigenvalue weighted by molar-refractivity contribution is 5.96. The van der Waals surface area contributed by atoms with E-state index in [4.69, 9.17) is 9.47 Å². The van der Waals surface area contributed by atoms with Crippen LogP contribution in [0.2, 0.25) is 0 Å². The summed E-state index contributed by atoms with van der Waals surface area (Å²) in [7, 11) is 1.49. The lowest BCUT2D eigenvalue weighted by molar-refractivity contribution is -0.153. The van der Waals surface area contributed by atoms with Crippen LogP contribution in [-0.4, -0.2) is 34.6 Å². The van der Waals surface area contributed by atoms with Crippen molar-refractivity contribution in [2.24, 2.45) is 0 Å². The summed E-state index contributed by atoms with van der Waals surface area (Å²) in [4.78, 5) is 41.0. The van der Waals surface area contributed by atoms with E-state index in [1.807, 2.05) is 0 Å². The molecule has 1 atom stereocenters. The lowest BCUT2D eigenvalue weighted by Crippen LogP contribution is -2.33. The molecule has 1 heterocycles. The molecule has 1 amide bonds. The van der Waals surface area contributed by atoms with Crippen LogP contribution in [0.5, 0.6) is 5.75 Å². The lowest BCUT2D eigenvalue weighted by atomic mass is 10.2. The van der Waals surface area contributed by atoms with Crippen LogP contribution in [0.1, 0.15) is 6.92 Å². The maximum Gasteiger partial charge on any atom is 0.326 e. The summed E-state index contributed by atoms with van der Waals surface area (Å²) in [5.74, 6) is -0.744. The van der Waals surface area contributed by atoms with Crippen molar-refractivity contribution < 1.29 is 19.1 Å². The number of carbonyl (C=O) groups excluding carboxylic acids is 2. The van der Waals surface area contributed by atoms with Crippen molar-refractivity contribution in [1.82, 2.24) is 9.55 Å². The van der Waals surface area contributed by atoms with Crippen LogP contribution < -0.4 is 15.6 Å². The first-order chi connectivity index (χ1) is 13.5. The van der Waals surface area contributed by atoms with Crippen LogP contribution in [0.4, 0.5) is 5.69 Å². The zero-order valence-electron chi connectivity index (χ0n) is 15.4. The summed E-state index contributed by atoms with van der Waals surface area (Å²) in [6.45, 7) is 1.10. The fourth-order valence-corrected chi connectivity index (χ4v) is 2.63. The number of esters is 1. The number of hydrogen-bond donors (Lipinski definition) is 1. The predicted molar refractivity (Wildman–Crippen MR) is 103 cm³/mol. The van der Waals surface area contributed by atoms with Gasteiger partial charge in [0.1, 0.15) is 12.3 Å². The Morgan fingerprint density at radius 3 is 2.64 bits per heavy atom. The molecule has 0 aliphatic carbocycles. The molecule has 1 aromatic heterocycles. The first kappa shape index (κ1) is 19.1. The molecule has 0 spiro atoms. The first-order valence-corrected chi connectivity index (χ1v) is 8.57. The molecule has 1 N–H and O–H groups in total. The SMILES string of the molecule is COc1ccccc1NC(=O)[C@H](C)OC(=O)Cn1cnc2ccccc2c1=O. The molecule has 0 fully saturated rings. The lowest BCUT2D eigenvalue weighted by Gasteiger charge is -2.15. The quantitative estimate of drug-likeness (QED) is 0.656. The highest BCUT2D eigenvalue weighted by Gasteiger charge is 2.20. The van der Waals surface area contributed by atoms with E-state index in [9.17, 15) is 14.4 Å². The van der Waals surface area contributed by atoms with E-state index >= 15 is 0 Å². The molecule has 0 saturated carbocycles. The van der Waals surface area contributed by atoms with Crippen LogP contribution in [0.3, 0.4) is 0 Å². The largest absolute Gasteiger partial charge is 0.495 e. The molecule has 28 heavy (non-hydrogen) atoms. The number of fused-ring (bicyclic) bond motifs is 1. The van der Waals surface area contributed by atoms with E-state index in [1.165, 1.54) is 20.4 Å². The van der Waals surface area contributed by atoms with Gasteiger partial charge in [-0.2, -0.15) is 0 Å². The molecule has 0 bridgehead atoms. The van der Waals surface area contributed by atoms with Gasteiger partial charge in [-0.1, -0.05) is 24.3 Å². The fourth-order valence-electron chi connectivity index (χ4n) is 2.63. The highest BCUT2D eigenvalue weighted by atomic mass is 16.5. The van der Waals surface area contributed by atoms with E-state index in [1.54, 1.807) is 48.5 Å². The predicted octanol–water partition coefficient (Wildman–Crippen LogP) is 1.98. The standard InChI is InChI=1S/C20H19N3O5/c1-13(19(25)22-16-9-5-6-10-17(16)27-2)28-18(24)11-23-12-21-15-8-4-3-7-14(15)20(23)26/h3-10,12-13H,11H2,1-2H3,(H,22,25)/t13-/m0/s1. The van der Waals surface area contributed by atoms with Crippen molar-refractivity contribution in [3.8, 4) is 5.75 Å². The van der Waals surface area contributed by atoms with E-state index in [-0.39, 0.29) is 12.1 Å². The average Bonchev–Trinajstić information content (AvgIpc) is 2.70. The number of nitrogens with zero attached hydrogens (tertiary/aromatic N) is 2. The molecule has 3 aromatic rings. The van der Waals surface area contributed by atoms with Crippen molar-refractivity contribution in [3.63, 3.8) is 0 Å². The second kappa shape index (κ2) is 8.34. The number of amides is 1.